The highest BCUT2D eigenvalue weighted by Gasteiger charge is 2.15. The van der Waals surface area contributed by atoms with Crippen molar-refractivity contribution >= 4 is 54.4 Å². The average molecular weight is 776 g/mol. The number of fused-ring (bicyclic) bond motifs is 9. The van der Waals surface area contributed by atoms with Gasteiger partial charge in [-0.1, -0.05) is 176 Å². The van der Waals surface area contributed by atoms with Crippen LogP contribution in [0.15, 0.2) is 225 Å². The molecule has 0 fully saturated rings. The molecule has 284 valence electrons. The van der Waals surface area contributed by atoms with Gasteiger partial charge in [0.15, 0.2) is 0 Å². The molecule has 61 heavy (non-hydrogen) atoms. The first-order valence-electron chi connectivity index (χ1n) is 20.8. The van der Waals surface area contributed by atoms with Crippen LogP contribution in [0.2, 0.25) is 0 Å². The molecule has 0 spiro atoms. The summed E-state index contributed by atoms with van der Waals surface area (Å²) in [6.07, 6.45) is 1.92. The van der Waals surface area contributed by atoms with Gasteiger partial charge in [-0.25, -0.2) is 4.98 Å². The highest BCUT2D eigenvalue weighted by atomic mass is 15.0. The molecule has 3 nitrogen and oxygen atoms in total. The molecule has 0 N–H and O–H groups in total. The summed E-state index contributed by atoms with van der Waals surface area (Å²) in [4.78, 5) is 10.3. The molecule has 0 amide bonds. The molecule has 0 atom stereocenters. The summed E-state index contributed by atoms with van der Waals surface area (Å²) >= 11 is 0. The molecule has 0 bridgehead atoms. The molecule has 12 rings (SSSR count). The molecule has 2 heterocycles. The molecule has 0 aliphatic heterocycles. The van der Waals surface area contributed by atoms with E-state index in [9.17, 15) is 0 Å². The van der Waals surface area contributed by atoms with Gasteiger partial charge < -0.3 is 4.57 Å². The van der Waals surface area contributed by atoms with Crippen LogP contribution in [0.25, 0.3) is 116 Å². The minimum atomic E-state index is 0.863. The van der Waals surface area contributed by atoms with Crippen LogP contribution in [0.1, 0.15) is 0 Å². The first-order chi connectivity index (χ1) is 30.2. The first-order valence-corrected chi connectivity index (χ1v) is 20.8. The predicted octanol–water partition coefficient (Wildman–Crippen LogP) is 15.4. The van der Waals surface area contributed by atoms with E-state index in [1.165, 1.54) is 66.0 Å². The maximum Gasteiger partial charge on any atom is 0.0979 e. The Morgan fingerprint density at radius 1 is 0.279 bits per heavy atom. The molecule has 0 saturated carbocycles. The Morgan fingerprint density at radius 3 is 1.41 bits per heavy atom. The summed E-state index contributed by atoms with van der Waals surface area (Å²) in [7, 11) is 0. The van der Waals surface area contributed by atoms with Gasteiger partial charge in [-0.15, -0.1) is 0 Å². The quantitative estimate of drug-likeness (QED) is 0.158. The number of benzene rings is 10. The van der Waals surface area contributed by atoms with Gasteiger partial charge in [-0.3, -0.25) is 4.98 Å². The van der Waals surface area contributed by atoms with Crippen LogP contribution in [0.5, 0.6) is 0 Å². The van der Waals surface area contributed by atoms with E-state index in [4.69, 9.17) is 9.97 Å². The van der Waals surface area contributed by atoms with Crippen LogP contribution < -0.4 is 0 Å². The summed E-state index contributed by atoms with van der Waals surface area (Å²) in [6.45, 7) is 0. The Morgan fingerprint density at radius 2 is 0.721 bits per heavy atom. The number of aromatic nitrogens is 3. The van der Waals surface area contributed by atoms with E-state index in [1.54, 1.807) is 0 Å². The molecule has 12 aromatic rings. The second-order valence-electron chi connectivity index (χ2n) is 15.8. The van der Waals surface area contributed by atoms with Gasteiger partial charge in [0.1, 0.15) is 0 Å². The third-order valence-corrected chi connectivity index (χ3v) is 12.2. The smallest absolute Gasteiger partial charge is 0.0979 e. The lowest BCUT2D eigenvalue weighted by molar-refractivity contribution is 1.18. The molecule has 0 aliphatic rings. The summed E-state index contributed by atoms with van der Waals surface area (Å²) in [5.41, 5.74) is 16.8. The zero-order valence-corrected chi connectivity index (χ0v) is 33.2. The van der Waals surface area contributed by atoms with E-state index < -0.39 is 0 Å². The largest absolute Gasteiger partial charge is 0.309 e. The molecule has 10 aromatic carbocycles. The Balaban J connectivity index is 0.850. The van der Waals surface area contributed by atoms with E-state index in [-0.39, 0.29) is 0 Å². The zero-order chi connectivity index (χ0) is 40.3. The lowest BCUT2D eigenvalue weighted by Crippen LogP contribution is -1.93. The fourth-order valence-corrected chi connectivity index (χ4v) is 9.22. The van der Waals surface area contributed by atoms with E-state index in [0.717, 1.165) is 49.9 Å². The molecule has 0 radical (unpaired) electrons. The van der Waals surface area contributed by atoms with Gasteiger partial charge in [0, 0.05) is 32.8 Å². The molecule has 0 aliphatic carbocycles. The topological polar surface area (TPSA) is 30.7 Å². The summed E-state index contributed by atoms with van der Waals surface area (Å²) in [6, 6.07) is 78.5. The van der Waals surface area contributed by atoms with Crippen LogP contribution in [0, 0.1) is 0 Å². The van der Waals surface area contributed by atoms with Crippen LogP contribution in [0.3, 0.4) is 0 Å². The van der Waals surface area contributed by atoms with E-state index in [2.05, 4.69) is 223 Å². The highest BCUT2D eigenvalue weighted by Crippen LogP contribution is 2.38. The fraction of sp³-hybridized carbons (Fsp3) is 0. The molecular formula is C58H37N3. The van der Waals surface area contributed by atoms with E-state index in [1.807, 2.05) is 6.20 Å². The van der Waals surface area contributed by atoms with Crippen LogP contribution in [-0.2, 0) is 0 Å². The van der Waals surface area contributed by atoms with Gasteiger partial charge in [0.2, 0.25) is 0 Å². The normalized spacial score (nSPS) is 11.6. The van der Waals surface area contributed by atoms with Gasteiger partial charge >= 0.3 is 0 Å². The summed E-state index contributed by atoms with van der Waals surface area (Å²) in [5, 5.41) is 7.14. The predicted molar refractivity (Wildman–Crippen MR) is 256 cm³/mol. The Bertz CT molecular complexity index is 3590. The van der Waals surface area contributed by atoms with Crippen molar-refractivity contribution in [1.29, 1.82) is 0 Å². The van der Waals surface area contributed by atoms with Crippen molar-refractivity contribution in [3.05, 3.63) is 225 Å². The molecular weight excluding hydrogens is 739 g/mol. The van der Waals surface area contributed by atoms with Gasteiger partial charge in [-0.05, 0) is 97.7 Å². The second-order valence-corrected chi connectivity index (χ2v) is 15.8. The summed E-state index contributed by atoms with van der Waals surface area (Å²) in [5.74, 6) is 0. The maximum absolute atomic E-state index is 5.25. The van der Waals surface area contributed by atoms with Gasteiger partial charge in [0.05, 0.1) is 34.0 Å². The Kier molecular flexibility index (Phi) is 8.17. The Hall–Kier alpha value is -8.14. The molecule has 0 saturated heterocycles. The number of hydrogen-bond donors (Lipinski definition) is 0. The molecule has 0 unspecified atom stereocenters. The third-order valence-electron chi connectivity index (χ3n) is 12.2. The van der Waals surface area contributed by atoms with Crippen molar-refractivity contribution in [3.8, 4) is 61.5 Å². The maximum atomic E-state index is 5.25. The van der Waals surface area contributed by atoms with Crippen molar-refractivity contribution in [2.75, 3.05) is 0 Å². The van der Waals surface area contributed by atoms with Crippen LogP contribution in [-0.4, -0.2) is 14.5 Å². The lowest BCUT2D eigenvalue weighted by Gasteiger charge is -2.11. The molecule has 3 heteroatoms. The Labute approximate surface area is 353 Å². The van der Waals surface area contributed by atoms with E-state index in [0.29, 0.717) is 0 Å². The zero-order valence-electron chi connectivity index (χ0n) is 33.2. The number of hydrogen-bond acceptors (Lipinski definition) is 2. The number of nitrogens with zero attached hydrogens (tertiary/aromatic N) is 3. The third kappa shape index (κ3) is 5.98. The van der Waals surface area contributed by atoms with Crippen LogP contribution in [0.4, 0.5) is 0 Å². The second kappa shape index (κ2) is 14.3. The first kappa shape index (κ1) is 34.9. The van der Waals surface area contributed by atoms with Crippen molar-refractivity contribution in [2.45, 2.75) is 0 Å². The van der Waals surface area contributed by atoms with Crippen molar-refractivity contribution in [1.82, 2.24) is 14.5 Å². The van der Waals surface area contributed by atoms with Crippen LogP contribution >= 0.6 is 0 Å². The van der Waals surface area contributed by atoms with Crippen molar-refractivity contribution in [3.63, 3.8) is 0 Å². The monoisotopic (exact) mass is 775 g/mol. The van der Waals surface area contributed by atoms with E-state index >= 15 is 0 Å². The summed E-state index contributed by atoms with van der Waals surface area (Å²) < 4.78 is 2.38. The average Bonchev–Trinajstić information content (AvgIpc) is 3.68. The number of rotatable bonds is 6. The van der Waals surface area contributed by atoms with Gasteiger partial charge in [0.25, 0.3) is 0 Å². The van der Waals surface area contributed by atoms with Gasteiger partial charge in [-0.2, -0.15) is 0 Å². The SMILES string of the molecule is c1ccc(-c2ccc(-n3c4ccccc4c4cc(-c5ccc(-c6cccc(-c7cccc(-c8cnc9c%10ccccc%10c%10ccccc%10c9n8)c7)c6)cc5)ccc43)cc2)cc1. The standard InChI is InChI=1S/C58H37N3/c1-2-12-38(13-3-1)39-28-31-47(32-29-39)61-55-23-9-8-20-50(55)53-36-45(30-33-56(53)61)41-26-24-40(25-27-41)42-14-10-15-43(34-42)44-16-11-17-46(35-44)54-37-59-57-51-21-6-4-18-48(51)49-19-5-7-22-52(49)58(57)60-54/h1-37H. The van der Waals surface area contributed by atoms with Crippen molar-refractivity contribution in [2.24, 2.45) is 0 Å². The lowest BCUT2D eigenvalue weighted by atomic mass is 9.95. The molecule has 2 aromatic heterocycles. The minimum absolute atomic E-state index is 0.863. The highest BCUT2D eigenvalue weighted by molar-refractivity contribution is 6.23. The number of para-hydroxylation sites is 1. The minimum Gasteiger partial charge on any atom is -0.309 e. The fourth-order valence-electron chi connectivity index (χ4n) is 9.22. The van der Waals surface area contributed by atoms with Crippen molar-refractivity contribution < 1.29 is 0 Å².